The van der Waals surface area contributed by atoms with E-state index in [9.17, 15) is 0 Å². The maximum Gasteiger partial charge on any atom is 0.0621 e. The van der Waals surface area contributed by atoms with Crippen molar-refractivity contribution in [3.63, 3.8) is 0 Å². The van der Waals surface area contributed by atoms with Gasteiger partial charge in [0.1, 0.15) is 0 Å². The normalized spacial score (nSPS) is 30.0. The highest BCUT2D eigenvalue weighted by atomic mass is 15.4. The van der Waals surface area contributed by atoms with Crippen LogP contribution in [0.2, 0.25) is 0 Å². The van der Waals surface area contributed by atoms with Crippen molar-refractivity contribution in [3.8, 4) is 0 Å². The lowest BCUT2D eigenvalue weighted by atomic mass is 9.93. The molecule has 0 unspecified atom stereocenters. The minimum atomic E-state index is 0.587. The molecule has 260 valence electrons. The number of rotatable bonds is 7. The van der Waals surface area contributed by atoms with Crippen molar-refractivity contribution in [2.75, 3.05) is 78.5 Å². The van der Waals surface area contributed by atoms with Crippen LogP contribution in [-0.4, -0.2) is 138 Å². The van der Waals surface area contributed by atoms with Gasteiger partial charge < -0.3 is 0 Å². The van der Waals surface area contributed by atoms with Gasteiger partial charge in [0, 0.05) is 103 Å². The zero-order valence-electron chi connectivity index (χ0n) is 29.9. The first-order chi connectivity index (χ1) is 22.3. The fourth-order valence-electron chi connectivity index (χ4n) is 10.8. The van der Waals surface area contributed by atoms with E-state index in [0.717, 1.165) is 24.2 Å². The Bertz CT molecular complexity index is 675. The van der Waals surface area contributed by atoms with E-state index in [2.05, 4.69) is 36.3 Å². The van der Waals surface area contributed by atoms with Crippen molar-refractivity contribution in [2.45, 2.75) is 172 Å². The van der Waals surface area contributed by atoms with E-state index < -0.39 is 0 Å². The van der Waals surface area contributed by atoms with Crippen LogP contribution >= 0.6 is 0 Å². The van der Waals surface area contributed by atoms with Crippen molar-refractivity contribution in [2.24, 2.45) is 0 Å². The van der Waals surface area contributed by atoms with Gasteiger partial charge in [0.05, 0.1) is 6.17 Å². The maximum absolute atomic E-state index is 3.00. The summed E-state index contributed by atoms with van der Waals surface area (Å²) in [6, 6.07) is 3.35. The van der Waals surface area contributed by atoms with E-state index in [1.165, 1.54) is 213 Å². The maximum atomic E-state index is 3.00. The summed E-state index contributed by atoms with van der Waals surface area (Å²) >= 11 is 0. The van der Waals surface area contributed by atoms with Crippen LogP contribution in [0.25, 0.3) is 0 Å². The Hall–Kier alpha value is -0.240. The fourth-order valence-corrected chi connectivity index (χ4v) is 10.8. The van der Waals surface area contributed by atoms with E-state index in [-0.39, 0.29) is 0 Å². The second-order valence-corrected chi connectivity index (χ2v) is 16.3. The lowest BCUT2D eigenvalue weighted by Crippen LogP contribution is -2.55. The standard InChI is InChI=1S/C39H74N6/c1-2-39(44-31-27-40(35-15-7-3-8-16-35)23-24-41(28-32-44)36-17-9-4-10-18-36)45-33-29-42(37-19-11-5-12-20-37)25-26-43(30-34-45)38-21-13-6-14-22-38/h35-39H,2-34H2,1H3. The summed E-state index contributed by atoms with van der Waals surface area (Å²) in [5.74, 6) is 0. The molecule has 0 spiro atoms. The molecule has 0 radical (unpaired) electrons. The van der Waals surface area contributed by atoms with Crippen molar-refractivity contribution in [1.82, 2.24) is 29.4 Å². The third-order valence-electron chi connectivity index (χ3n) is 13.6. The van der Waals surface area contributed by atoms with Gasteiger partial charge in [-0.15, -0.1) is 0 Å². The van der Waals surface area contributed by atoms with Gasteiger partial charge in [-0.25, -0.2) is 0 Å². The molecule has 6 nitrogen and oxygen atoms in total. The minimum Gasteiger partial charge on any atom is -0.298 e. The molecule has 45 heavy (non-hydrogen) atoms. The lowest BCUT2D eigenvalue weighted by molar-refractivity contribution is 0.0154. The van der Waals surface area contributed by atoms with Crippen molar-refractivity contribution in [1.29, 1.82) is 0 Å². The zero-order chi connectivity index (χ0) is 30.7. The van der Waals surface area contributed by atoms with Crippen LogP contribution < -0.4 is 0 Å². The molecule has 0 aromatic heterocycles. The molecule has 0 bridgehead atoms. The molecule has 0 aromatic carbocycles. The Balaban J connectivity index is 1.18. The molecule has 0 aromatic rings. The van der Waals surface area contributed by atoms with E-state index in [0.29, 0.717) is 6.17 Å². The number of hydrogen-bond acceptors (Lipinski definition) is 6. The van der Waals surface area contributed by atoms with Crippen molar-refractivity contribution < 1.29 is 0 Å². The van der Waals surface area contributed by atoms with Gasteiger partial charge in [-0.1, -0.05) is 84.0 Å². The van der Waals surface area contributed by atoms with Crippen LogP contribution in [0.4, 0.5) is 0 Å². The first-order valence-corrected chi connectivity index (χ1v) is 20.7. The smallest absolute Gasteiger partial charge is 0.0621 e. The van der Waals surface area contributed by atoms with E-state index in [1.54, 1.807) is 0 Å². The van der Waals surface area contributed by atoms with E-state index >= 15 is 0 Å². The van der Waals surface area contributed by atoms with Crippen molar-refractivity contribution in [3.05, 3.63) is 0 Å². The largest absolute Gasteiger partial charge is 0.298 e. The Kier molecular flexibility index (Phi) is 14.2. The third kappa shape index (κ3) is 9.91. The quantitative estimate of drug-likeness (QED) is 0.304. The van der Waals surface area contributed by atoms with E-state index in [1.807, 2.05) is 0 Å². The Morgan fingerprint density at radius 1 is 0.333 bits per heavy atom. The molecule has 2 heterocycles. The molecule has 6 aliphatic rings. The highest BCUT2D eigenvalue weighted by Crippen LogP contribution is 2.28. The van der Waals surface area contributed by atoms with Crippen LogP contribution in [0.5, 0.6) is 0 Å². The van der Waals surface area contributed by atoms with Crippen LogP contribution in [0.15, 0.2) is 0 Å². The molecule has 0 amide bonds. The summed E-state index contributed by atoms with van der Waals surface area (Å²) in [7, 11) is 0. The Labute approximate surface area is 279 Å². The van der Waals surface area contributed by atoms with Crippen molar-refractivity contribution >= 4 is 0 Å². The van der Waals surface area contributed by atoms with Gasteiger partial charge in [-0.2, -0.15) is 0 Å². The third-order valence-corrected chi connectivity index (χ3v) is 13.6. The highest BCUT2D eigenvalue weighted by molar-refractivity contribution is 4.88. The highest BCUT2D eigenvalue weighted by Gasteiger charge is 2.33. The summed E-state index contributed by atoms with van der Waals surface area (Å²) in [5, 5.41) is 0. The first-order valence-electron chi connectivity index (χ1n) is 20.7. The zero-order valence-corrected chi connectivity index (χ0v) is 29.9. The summed E-state index contributed by atoms with van der Waals surface area (Å²) in [4.78, 5) is 17.9. The molecular weight excluding hydrogens is 552 g/mol. The first kappa shape index (κ1) is 34.6. The van der Waals surface area contributed by atoms with Gasteiger partial charge >= 0.3 is 0 Å². The molecule has 2 aliphatic heterocycles. The number of nitrogens with zero attached hydrogens (tertiary/aromatic N) is 6. The van der Waals surface area contributed by atoms with Gasteiger partial charge in [0.25, 0.3) is 0 Å². The van der Waals surface area contributed by atoms with Crippen LogP contribution in [0.1, 0.15) is 142 Å². The predicted molar refractivity (Wildman–Crippen MR) is 191 cm³/mol. The summed E-state index contributed by atoms with van der Waals surface area (Å²) in [6.45, 7) is 18.0. The Morgan fingerprint density at radius 2 is 0.556 bits per heavy atom. The molecule has 0 atom stereocenters. The molecule has 0 N–H and O–H groups in total. The minimum absolute atomic E-state index is 0.587. The Morgan fingerprint density at radius 3 is 0.778 bits per heavy atom. The van der Waals surface area contributed by atoms with Crippen LogP contribution in [0.3, 0.4) is 0 Å². The second kappa shape index (κ2) is 18.5. The summed E-state index contributed by atoms with van der Waals surface area (Å²) in [6.07, 6.45) is 30.9. The molecule has 6 fully saturated rings. The van der Waals surface area contributed by atoms with Gasteiger partial charge in [0.2, 0.25) is 0 Å². The monoisotopic (exact) mass is 627 g/mol. The summed E-state index contributed by atoms with van der Waals surface area (Å²) in [5.41, 5.74) is 0. The van der Waals surface area contributed by atoms with Crippen LogP contribution in [-0.2, 0) is 0 Å². The molecule has 6 rings (SSSR count). The average molecular weight is 627 g/mol. The summed E-state index contributed by atoms with van der Waals surface area (Å²) < 4.78 is 0. The second-order valence-electron chi connectivity index (χ2n) is 16.3. The van der Waals surface area contributed by atoms with Gasteiger partial charge in [-0.3, -0.25) is 29.4 Å². The number of hydrogen-bond donors (Lipinski definition) is 0. The molecule has 4 aliphatic carbocycles. The molecule has 2 saturated heterocycles. The molecule has 6 heteroatoms. The lowest BCUT2D eigenvalue weighted by Gasteiger charge is -2.42. The average Bonchev–Trinajstić information content (AvgIpc) is 3.29. The fraction of sp³-hybridized carbons (Fsp3) is 1.00. The SMILES string of the molecule is CCC(N1CCN(C2CCCCC2)CCN(C2CCCCC2)CC1)N1CCN(C2CCCCC2)CCN(C2CCCCC2)CC1. The molecule has 4 saturated carbocycles. The van der Waals surface area contributed by atoms with Gasteiger partial charge in [-0.05, 0) is 57.8 Å². The predicted octanol–water partition coefficient (Wildman–Crippen LogP) is 6.89. The van der Waals surface area contributed by atoms with Crippen LogP contribution in [0, 0.1) is 0 Å². The van der Waals surface area contributed by atoms with E-state index in [4.69, 9.17) is 0 Å². The topological polar surface area (TPSA) is 19.4 Å². The molecular formula is C39H74N6. The van der Waals surface area contributed by atoms with Gasteiger partial charge in [0.15, 0.2) is 0 Å².